The highest BCUT2D eigenvalue weighted by molar-refractivity contribution is 5.98. The van der Waals surface area contributed by atoms with E-state index in [4.69, 9.17) is 4.74 Å². The van der Waals surface area contributed by atoms with Crippen LogP contribution in [0.1, 0.15) is 67.5 Å². The number of piperazine rings is 1. The summed E-state index contributed by atoms with van der Waals surface area (Å²) < 4.78 is 48.1. The number of benzene rings is 2. The molecule has 5 rings (SSSR count). The van der Waals surface area contributed by atoms with Gasteiger partial charge in [-0.1, -0.05) is 67.1 Å². The molecule has 1 saturated heterocycles. The van der Waals surface area contributed by atoms with E-state index in [1.807, 2.05) is 65.6 Å². The second-order valence-electron chi connectivity index (χ2n) is 12.1. The van der Waals surface area contributed by atoms with Crippen LogP contribution in [0.25, 0.3) is 11.3 Å². The highest BCUT2D eigenvalue weighted by Gasteiger charge is 2.51. The number of rotatable bonds is 10. The minimum Gasteiger partial charge on any atom is -0.450 e. The van der Waals surface area contributed by atoms with E-state index >= 15 is 0 Å². The molecule has 1 aliphatic heterocycles. The Bertz CT molecular complexity index is 1500. The van der Waals surface area contributed by atoms with Crippen LogP contribution in [0.4, 0.5) is 13.2 Å². The zero-order valence-electron chi connectivity index (χ0n) is 25.9. The van der Waals surface area contributed by atoms with Crippen molar-refractivity contribution in [1.29, 1.82) is 0 Å². The van der Waals surface area contributed by atoms with Crippen molar-refractivity contribution in [3.05, 3.63) is 78.2 Å². The quantitative estimate of drug-likeness (QED) is 0.237. The molecule has 1 aromatic heterocycles. The maximum absolute atomic E-state index is 14.4. The highest BCUT2D eigenvalue weighted by Crippen LogP contribution is 2.46. The molecule has 0 radical (unpaired) electrons. The third-order valence-electron chi connectivity index (χ3n) is 8.92. The standard InChI is InChI=1S/C34H40F3N5O4/c1-24(43)39-18-10-17-33(46-32(45)34(35,36)37)16-9-8-15-28(33)42-23-40-29(30(42)26-13-6-3-7-14-26)31(44)41-20-19-38-22-27(41)21-25-11-4-2-5-12-25/h2-7,11-14,23,27-28,38H,8-10,15-22H2,1H3,(H,39,43)/t27-,28-,33-/m1/s1. The van der Waals surface area contributed by atoms with Gasteiger partial charge in [-0.15, -0.1) is 0 Å². The molecule has 2 aliphatic rings. The molecule has 46 heavy (non-hydrogen) atoms. The molecule has 246 valence electrons. The number of carbonyl (C=O) groups is 3. The Morgan fingerprint density at radius 2 is 1.78 bits per heavy atom. The summed E-state index contributed by atoms with van der Waals surface area (Å²) in [5, 5.41) is 6.06. The maximum atomic E-state index is 14.4. The summed E-state index contributed by atoms with van der Waals surface area (Å²) in [7, 11) is 0. The molecule has 2 N–H and O–H groups in total. The van der Waals surface area contributed by atoms with Gasteiger partial charge in [-0.05, 0) is 44.1 Å². The SMILES string of the molecule is CC(=O)NCCC[C@]1(OC(=O)C(F)(F)F)CCCC[C@H]1n1cnc(C(=O)N2CCNC[C@H]2Cc2ccccc2)c1-c1ccccc1. The van der Waals surface area contributed by atoms with Gasteiger partial charge >= 0.3 is 12.1 Å². The first-order valence-corrected chi connectivity index (χ1v) is 15.8. The van der Waals surface area contributed by atoms with Gasteiger partial charge in [0.1, 0.15) is 5.60 Å². The van der Waals surface area contributed by atoms with Crippen molar-refractivity contribution < 1.29 is 32.3 Å². The van der Waals surface area contributed by atoms with Crippen molar-refractivity contribution in [3.63, 3.8) is 0 Å². The molecular formula is C34H40F3N5O4. The summed E-state index contributed by atoms with van der Waals surface area (Å²) in [6.45, 7) is 3.28. The van der Waals surface area contributed by atoms with Crippen molar-refractivity contribution in [2.45, 2.75) is 75.7 Å². The molecular weight excluding hydrogens is 599 g/mol. The van der Waals surface area contributed by atoms with Crippen molar-refractivity contribution >= 4 is 17.8 Å². The molecule has 2 fully saturated rings. The predicted molar refractivity (Wildman–Crippen MR) is 166 cm³/mol. The van der Waals surface area contributed by atoms with Crippen LogP contribution in [0.15, 0.2) is 67.0 Å². The fourth-order valence-electron chi connectivity index (χ4n) is 6.81. The molecule has 0 spiro atoms. The summed E-state index contributed by atoms with van der Waals surface area (Å²) in [5.41, 5.74) is 0.923. The molecule has 1 aliphatic carbocycles. The highest BCUT2D eigenvalue weighted by atomic mass is 19.4. The molecule has 3 aromatic rings. The van der Waals surface area contributed by atoms with Crippen LogP contribution in [-0.2, 0) is 20.7 Å². The molecule has 9 nitrogen and oxygen atoms in total. The monoisotopic (exact) mass is 639 g/mol. The fraction of sp³-hybridized carbons (Fsp3) is 0.471. The lowest BCUT2D eigenvalue weighted by molar-refractivity contribution is -0.222. The molecule has 2 amide bonds. The molecule has 3 atom stereocenters. The van der Waals surface area contributed by atoms with Crippen LogP contribution in [0.5, 0.6) is 0 Å². The van der Waals surface area contributed by atoms with Crippen LogP contribution < -0.4 is 10.6 Å². The van der Waals surface area contributed by atoms with E-state index < -0.39 is 23.8 Å². The minimum absolute atomic E-state index is 0.0897. The second-order valence-corrected chi connectivity index (χ2v) is 12.1. The second kappa shape index (κ2) is 14.5. The Morgan fingerprint density at radius 3 is 2.48 bits per heavy atom. The molecule has 0 unspecified atom stereocenters. The van der Waals surface area contributed by atoms with Crippen LogP contribution in [0.3, 0.4) is 0 Å². The summed E-state index contributed by atoms with van der Waals surface area (Å²) in [4.78, 5) is 44.7. The van der Waals surface area contributed by atoms with Crippen molar-refractivity contribution in [1.82, 2.24) is 25.1 Å². The zero-order chi connectivity index (χ0) is 32.7. The summed E-state index contributed by atoms with van der Waals surface area (Å²) in [5.74, 6) is -2.77. The average Bonchev–Trinajstić information content (AvgIpc) is 3.48. The van der Waals surface area contributed by atoms with Gasteiger partial charge in [0.2, 0.25) is 5.91 Å². The van der Waals surface area contributed by atoms with Gasteiger partial charge in [-0.25, -0.2) is 9.78 Å². The van der Waals surface area contributed by atoms with Crippen molar-refractivity contribution in [2.24, 2.45) is 0 Å². The van der Waals surface area contributed by atoms with E-state index in [-0.39, 0.29) is 42.9 Å². The first kappa shape index (κ1) is 33.2. The number of hydrogen-bond acceptors (Lipinski definition) is 6. The minimum atomic E-state index is -5.18. The Hall–Kier alpha value is -4.19. The van der Waals surface area contributed by atoms with Gasteiger partial charge in [0, 0.05) is 44.7 Å². The third kappa shape index (κ3) is 7.60. The number of esters is 1. The fourth-order valence-corrected chi connectivity index (χ4v) is 6.81. The van der Waals surface area contributed by atoms with Gasteiger partial charge in [-0.2, -0.15) is 13.2 Å². The summed E-state index contributed by atoms with van der Waals surface area (Å²) in [6.07, 6.45) is -0.777. The van der Waals surface area contributed by atoms with Gasteiger partial charge in [-0.3, -0.25) is 9.59 Å². The topological polar surface area (TPSA) is 106 Å². The van der Waals surface area contributed by atoms with Crippen LogP contribution in [0.2, 0.25) is 0 Å². The smallest absolute Gasteiger partial charge is 0.450 e. The van der Waals surface area contributed by atoms with E-state index in [1.54, 1.807) is 4.57 Å². The molecule has 0 bridgehead atoms. The first-order chi connectivity index (χ1) is 22.1. The van der Waals surface area contributed by atoms with E-state index in [9.17, 15) is 27.6 Å². The third-order valence-corrected chi connectivity index (χ3v) is 8.92. The number of carbonyl (C=O) groups excluding carboxylic acids is 3. The van der Waals surface area contributed by atoms with Crippen LogP contribution >= 0.6 is 0 Å². The normalized spacial score (nSPS) is 21.9. The average molecular weight is 640 g/mol. The van der Waals surface area contributed by atoms with E-state index in [0.717, 1.165) is 5.56 Å². The maximum Gasteiger partial charge on any atom is 0.490 e. The summed E-state index contributed by atoms with van der Waals surface area (Å²) in [6, 6.07) is 18.2. The van der Waals surface area contributed by atoms with E-state index in [0.29, 0.717) is 63.0 Å². The van der Waals surface area contributed by atoms with E-state index in [2.05, 4.69) is 15.6 Å². The summed E-state index contributed by atoms with van der Waals surface area (Å²) >= 11 is 0. The number of alkyl halides is 3. The number of nitrogens with zero attached hydrogens (tertiary/aromatic N) is 3. The van der Waals surface area contributed by atoms with Crippen molar-refractivity contribution in [3.8, 4) is 11.3 Å². The Labute approximate surface area is 266 Å². The van der Waals surface area contributed by atoms with E-state index in [1.165, 1.54) is 13.3 Å². The number of halogens is 3. The number of amides is 2. The molecule has 1 saturated carbocycles. The van der Waals surface area contributed by atoms with Crippen molar-refractivity contribution in [2.75, 3.05) is 26.2 Å². The lowest BCUT2D eigenvalue weighted by Gasteiger charge is -2.44. The van der Waals surface area contributed by atoms with Gasteiger partial charge in [0.15, 0.2) is 5.69 Å². The van der Waals surface area contributed by atoms with Crippen LogP contribution in [0, 0.1) is 0 Å². The molecule has 2 heterocycles. The number of hydrogen-bond donors (Lipinski definition) is 2. The lowest BCUT2D eigenvalue weighted by Crippen LogP contribution is -2.54. The Kier molecular flexibility index (Phi) is 10.5. The van der Waals surface area contributed by atoms with Gasteiger partial charge in [0.05, 0.1) is 18.1 Å². The van der Waals surface area contributed by atoms with Gasteiger partial charge in [0.25, 0.3) is 5.91 Å². The number of nitrogens with one attached hydrogen (secondary N) is 2. The largest absolute Gasteiger partial charge is 0.490 e. The first-order valence-electron chi connectivity index (χ1n) is 15.8. The lowest BCUT2D eigenvalue weighted by atomic mass is 9.76. The van der Waals surface area contributed by atoms with Crippen LogP contribution in [-0.4, -0.2) is 76.2 Å². The zero-order valence-corrected chi connectivity index (χ0v) is 25.9. The Morgan fingerprint density at radius 1 is 1.07 bits per heavy atom. The number of ether oxygens (including phenoxy) is 1. The Balaban J connectivity index is 1.55. The number of imidazole rings is 1. The van der Waals surface area contributed by atoms with Gasteiger partial charge < -0.3 is 24.8 Å². The molecule has 2 aromatic carbocycles. The number of aromatic nitrogens is 2. The molecule has 12 heteroatoms. The predicted octanol–water partition coefficient (Wildman–Crippen LogP) is 5.08.